The molecule has 0 bridgehead atoms. The number of anilines is 2. The molecule has 0 atom stereocenters. The molecule has 110 valence electrons. The fourth-order valence-electron chi connectivity index (χ4n) is 2.33. The van der Waals surface area contributed by atoms with Crippen molar-refractivity contribution < 1.29 is 9.84 Å². The Kier molecular flexibility index (Phi) is 3.91. The molecule has 2 N–H and O–H groups in total. The number of ether oxygens (including phenoxy) is 1. The van der Waals surface area contributed by atoms with Crippen LogP contribution < -0.4 is 10.2 Å². The van der Waals surface area contributed by atoms with E-state index in [9.17, 15) is 5.11 Å². The maximum Gasteiger partial charge on any atom is 0.231 e. The molecule has 2 fully saturated rings. The first-order valence-corrected chi connectivity index (χ1v) is 7.23. The largest absolute Gasteiger partial charge is 0.388 e. The summed E-state index contributed by atoms with van der Waals surface area (Å²) >= 11 is 5.94. The number of halogens is 1. The van der Waals surface area contributed by atoms with Crippen molar-refractivity contribution >= 4 is 23.5 Å². The number of rotatable bonds is 4. The molecule has 1 aliphatic heterocycles. The molecular weight excluding hydrogens is 282 g/mol. The Morgan fingerprint density at radius 3 is 2.65 bits per heavy atom. The first-order valence-electron chi connectivity index (χ1n) is 6.85. The zero-order valence-corrected chi connectivity index (χ0v) is 11.9. The molecule has 8 heteroatoms. The third-order valence-electron chi connectivity index (χ3n) is 3.75. The fourth-order valence-corrected chi connectivity index (χ4v) is 2.48. The highest BCUT2D eigenvalue weighted by Gasteiger charge is 2.34. The van der Waals surface area contributed by atoms with E-state index in [2.05, 4.69) is 20.3 Å². The molecule has 0 aromatic carbocycles. The molecule has 1 aromatic rings. The van der Waals surface area contributed by atoms with Gasteiger partial charge in [0.25, 0.3) is 0 Å². The highest BCUT2D eigenvalue weighted by Crippen LogP contribution is 2.31. The SMILES string of the molecule is OC1(CNc2nc(Cl)nc(N3CCOCC3)n2)CCC1. The van der Waals surface area contributed by atoms with Gasteiger partial charge in [0.05, 0.1) is 18.8 Å². The van der Waals surface area contributed by atoms with Crippen LogP contribution >= 0.6 is 11.6 Å². The Hall–Kier alpha value is -1.18. The van der Waals surface area contributed by atoms with Gasteiger partial charge >= 0.3 is 0 Å². The molecule has 2 aliphatic rings. The standard InChI is InChI=1S/C12H18ClN5O2/c13-9-15-10(14-8-12(19)2-1-3-12)17-11(16-9)18-4-6-20-7-5-18/h19H,1-8H2,(H,14,15,16,17). The summed E-state index contributed by atoms with van der Waals surface area (Å²) in [5.74, 6) is 0.961. The molecule has 1 aromatic heterocycles. The summed E-state index contributed by atoms with van der Waals surface area (Å²) in [5.41, 5.74) is -0.627. The minimum absolute atomic E-state index is 0.157. The highest BCUT2D eigenvalue weighted by molar-refractivity contribution is 6.28. The van der Waals surface area contributed by atoms with Crippen LogP contribution in [0.1, 0.15) is 19.3 Å². The molecule has 7 nitrogen and oxygen atoms in total. The Morgan fingerprint density at radius 1 is 1.25 bits per heavy atom. The van der Waals surface area contributed by atoms with Crippen molar-refractivity contribution in [3.63, 3.8) is 0 Å². The van der Waals surface area contributed by atoms with Crippen molar-refractivity contribution in [1.29, 1.82) is 0 Å². The van der Waals surface area contributed by atoms with Crippen molar-refractivity contribution in [2.45, 2.75) is 24.9 Å². The van der Waals surface area contributed by atoms with Gasteiger partial charge < -0.3 is 20.1 Å². The van der Waals surface area contributed by atoms with E-state index in [1.54, 1.807) is 0 Å². The van der Waals surface area contributed by atoms with Crippen molar-refractivity contribution in [2.75, 3.05) is 43.1 Å². The summed E-state index contributed by atoms with van der Waals surface area (Å²) in [5, 5.41) is 13.3. The van der Waals surface area contributed by atoms with Crippen LogP contribution in [0.5, 0.6) is 0 Å². The second kappa shape index (κ2) is 5.67. The summed E-state index contributed by atoms with van der Waals surface area (Å²) < 4.78 is 5.30. The number of aliphatic hydroxyl groups is 1. The molecule has 3 rings (SSSR count). The van der Waals surface area contributed by atoms with Gasteiger partial charge in [0.1, 0.15) is 0 Å². The Bertz CT molecular complexity index is 477. The number of aromatic nitrogens is 3. The Labute approximate surface area is 122 Å². The lowest BCUT2D eigenvalue weighted by Gasteiger charge is -2.36. The molecule has 20 heavy (non-hydrogen) atoms. The van der Waals surface area contributed by atoms with E-state index in [0.717, 1.165) is 32.4 Å². The van der Waals surface area contributed by atoms with E-state index < -0.39 is 5.60 Å². The highest BCUT2D eigenvalue weighted by atomic mass is 35.5. The van der Waals surface area contributed by atoms with Crippen molar-refractivity contribution in [1.82, 2.24) is 15.0 Å². The maximum atomic E-state index is 10.1. The number of nitrogens with one attached hydrogen (secondary N) is 1. The smallest absolute Gasteiger partial charge is 0.231 e. The lowest BCUT2D eigenvalue weighted by atomic mass is 9.80. The van der Waals surface area contributed by atoms with Gasteiger partial charge in [-0.2, -0.15) is 15.0 Å². The molecule has 1 saturated heterocycles. The number of hydrogen-bond acceptors (Lipinski definition) is 7. The molecule has 0 amide bonds. The summed E-state index contributed by atoms with van der Waals surface area (Å²) in [6.45, 7) is 3.24. The van der Waals surface area contributed by atoms with Crippen LogP contribution in [-0.2, 0) is 4.74 Å². The molecule has 1 saturated carbocycles. The van der Waals surface area contributed by atoms with E-state index in [1.807, 2.05) is 4.90 Å². The first-order chi connectivity index (χ1) is 9.65. The summed E-state index contributed by atoms with van der Waals surface area (Å²) in [7, 11) is 0. The second-order valence-corrected chi connectivity index (χ2v) is 5.60. The van der Waals surface area contributed by atoms with Gasteiger partial charge in [0.15, 0.2) is 0 Å². The topological polar surface area (TPSA) is 83.4 Å². The molecule has 1 aliphatic carbocycles. The van der Waals surface area contributed by atoms with Crippen LogP contribution in [0.25, 0.3) is 0 Å². The second-order valence-electron chi connectivity index (χ2n) is 5.26. The fraction of sp³-hybridized carbons (Fsp3) is 0.750. The van der Waals surface area contributed by atoms with Crippen molar-refractivity contribution in [3.05, 3.63) is 5.28 Å². The minimum Gasteiger partial charge on any atom is -0.388 e. The lowest BCUT2D eigenvalue weighted by molar-refractivity contribution is -0.0203. The third-order valence-corrected chi connectivity index (χ3v) is 3.92. The van der Waals surface area contributed by atoms with Gasteiger partial charge in [-0.1, -0.05) is 0 Å². The normalized spacial score (nSPS) is 21.4. The van der Waals surface area contributed by atoms with E-state index in [-0.39, 0.29) is 5.28 Å². The summed E-state index contributed by atoms with van der Waals surface area (Å²) in [6.07, 6.45) is 2.69. The molecule has 0 spiro atoms. The van der Waals surface area contributed by atoms with Gasteiger partial charge in [-0.15, -0.1) is 0 Å². The van der Waals surface area contributed by atoms with Crippen LogP contribution in [0.3, 0.4) is 0 Å². The van der Waals surface area contributed by atoms with Gasteiger partial charge in [-0.25, -0.2) is 0 Å². The van der Waals surface area contributed by atoms with Crippen LogP contribution in [0.4, 0.5) is 11.9 Å². The van der Waals surface area contributed by atoms with E-state index in [0.29, 0.717) is 31.7 Å². The summed E-state index contributed by atoms with van der Waals surface area (Å²) in [4.78, 5) is 14.6. The number of hydrogen-bond donors (Lipinski definition) is 2. The molecular formula is C12H18ClN5O2. The zero-order valence-electron chi connectivity index (χ0n) is 11.2. The Balaban J connectivity index is 1.69. The predicted molar refractivity (Wildman–Crippen MR) is 75.2 cm³/mol. The van der Waals surface area contributed by atoms with Crippen LogP contribution in [0.15, 0.2) is 0 Å². The molecule has 0 radical (unpaired) electrons. The van der Waals surface area contributed by atoms with Gasteiger partial charge in [0.2, 0.25) is 17.2 Å². The van der Waals surface area contributed by atoms with Crippen LogP contribution in [0.2, 0.25) is 5.28 Å². The Morgan fingerprint density at radius 2 is 2.00 bits per heavy atom. The van der Waals surface area contributed by atoms with E-state index in [4.69, 9.17) is 16.3 Å². The van der Waals surface area contributed by atoms with Crippen LogP contribution in [0, 0.1) is 0 Å². The minimum atomic E-state index is -0.627. The van der Waals surface area contributed by atoms with Gasteiger partial charge in [0, 0.05) is 19.6 Å². The summed E-state index contributed by atoms with van der Waals surface area (Å²) in [6, 6.07) is 0. The monoisotopic (exact) mass is 299 g/mol. The van der Waals surface area contributed by atoms with Gasteiger partial charge in [-0.05, 0) is 30.9 Å². The third kappa shape index (κ3) is 3.11. The maximum absolute atomic E-state index is 10.1. The van der Waals surface area contributed by atoms with Crippen molar-refractivity contribution in [3.8, 4) is 0 Å². The van der Waals surface area contributed by atoms with Crippen LogP contribution in [-0.4, -0.2) is 58.5 Å². The van der Waals surface area contributed by atoms with E-state index in [1.165, 1.54) is 0 Å². The predicted octanol–water partition coefficient (Wildman–Crippen LogP) is 0.688. The lowest BCUT2D eigenvalue weighted by Crippen LogP contribution is -2.43. The number of nitrogens with zero attached hydrogens (tertiary/aromatic N) is 4. The first kappa shape index (κ1) is 13.8. The quantitative estimate of drug-likeness (QED) is 0.846. The van der Waals surface area contributed by atoms with E-state index >= 15 is 0 Å². The zero-order chi connectivity index (χ0) is 14.0. The molecule has 2 heterocycles. The average Bonchev–Trinajstić information content (AvgIpc) is 2.43. The number of morpholine rings is 1. The average molecular weight is 300 g/mol. The van der Waals surface area contributed by atoms with Gasteiger partial charge in [-0.3, -0.25) is 0 Å². The molecule has 0 unspecified atom stereocenters. The van der Waals surface area contributed by atoms with Crippen molar-refractivity contribution in [2.24, 2.45) is 0 Å².